The first kappa shape index (κ1) is 15.9. The lowest BCUT2D eigenvalue weighted by atomic mass is 10.1. The predicted molar refractivity (Wildman–Crippen MR) is 101 cm³/mol. The van der Waals surface area contributed by atoms with Crippen LogP contribution in [0.25, 0.3) is 22.0 Å². The molecular weight excluding hydrogens is 329 g/mol. The van der Waals surface area contributed by atoms with E-state index < -0.39 is 0 Å². The van der Waals surface area contributed by atoms with Crippen molar-refractivity contribution >= 4 is 16.7 Å². The minimum atomic E-state index is -0.263. The Balaban J connectivity index is 1.50. The summed E-state index contributed by atoms with van der Waals surface area (Å²) < 4.78 is 18.9. The molecule has 0 radical (unpaired) electrons. The van der Waals surface area contributed by atoms with Gasteiger partial charge >= 0.3 is 0 Å². The minimum absolute atomic E-state index is 0.263. The van der Waals surface area contributed by atoms with Crippen molar-refractivity contribution in [1.29, 1.82) is 0 Å². The molecule has 0 atom stereocenters. The summed E-state index contributed by atoms with van der Waals surface area (Å²) >= 11 is 0. The molecule has 0 aliphatic heterocycles. The van der Waals surface area contributed by atoms with Crippen molar-refractivity contribution in [3.05, 3.63) is 91.3 Å². The molecule has 0 saturated carbocycles. The van der Waals surface area contributed by atoms with E-state index in [9.17, 15) is 4.39 Å². The highest BCUT2D eigenvalue weighted by Gasteiger charge is 2.08. The maximum Gasteiger partial charge on any atom is 0.191 e. The van der Waals surface area contributed by atoms with E-state index in [2.05, 4.69) is 21.9 Å². The molecule has 2 heterocycles. The summed E-state index contributed by atoms with van der Waals surface area (Å²) in [4.78, 5) is 7.48. The van der Waals surface area contributed by atoms with E-state index >= 15 is 0 Å². The number of pyridine rings is 1. The summed E-state index contributed by atoms with van der Waals surface area (Å²) in [6, 6.07) is 17.9. The van der Waals surface area contributed by atoms with Gasteiger partial charge in [-0.25, -0.2) is 9.37 Å². The van der Waals surface area contributed by atoms with Gasteiger partial charge in [0.25, 0.3) is 0 Å². The van der Waals surface area contributed by atoms with Gasteiger partial charge in [0, 0.05) is 34.4 Å². The smallest absolute Gasteiger partial charge is 0.191 e. The maximum absolute atomic E-state index is 13.3. The lowest BCUT2D eigenvalue weighted by Gasteiger charge is -2.10. The van der Waals surface area contributed by atoms with E-state index in [1.807, 2.05) is 48.7 Å². The molecule has 128 valence electrons. The van der Waals surface area contributed by atoms with Crippen LogP contribution in [0.3, 0.4) is 0 Å². The van der Waals surface area contributed by atoms with Gasteiger partial charge < -0.3 is 15.0 Å². The molecule has 0 saturated heterocycles. The standard InChI is InChI=1S/C21H16FN3O/c1-14(26-17-5-3-2-4-6-17)25-21-10-7-15(12-24-21)19-13-23-20-11-16(22)8-9-18(19)20/h2-13,23H,1H2,(H,24,25). The van der Waals surface area contributed by atoms with E-state index in [-0.39, 0.29) is 5.82 Å². The highest BCUT2D eigenvalue weighted by atomic mass is 19.1. The molecule has 2 aromatic heterocycles. The van der Waals surface area contributed by atoms with Crippen LogP contribution in [0.4, 0.5) is 10.2 Å². The average molecular weight is 345 g/mol. The summed E-state index contributed by atoms with van der Waals surface area (Å²) in [5.41, 5.74) is 2.66. The summed E-state index contributed by atoms with van der Waals surface area (Å²) in [7, 11) is 0. The third-order valence-electron chi connectivity index (χ3n) is 3.97. The van der Waals surface area contributed by atoms with Crippen LogP contribution in [-0.2, 0) is 0 Å². The molecule has 0 fully saturated rings. The highest BCUT2D eigenvalue weighted by Crippen LogP contribution is 2.29. The molecule has 4 aromatic rings. The Morgan fingerprint density at radius 1 is 1.08 bits per heavy atom. The van der Waals surface area contributed by atoms with Gasteiger partial charge in [-0.3, -0.25) is 0 Å². The van der Waals surface area contributed by atoms with Crippen molar-refractivity contribution < 1.29 is 9.13 Å². The zero-order valence-corrected chi connectivity index (χ0v) is 13.9. The number of ether oxygens (including phenoxy) is 1. The molecule has 2 N–H and O–H groups in total. The molecule has 0 unspecified atom stereocenters. The average Bonchev–Trinajstić information content (AvgIpc) is 3.06. The molecule has 4 rings (SSSR count). The number of rotatable bonds is 5. The van der Waals surface area contributed by atoms with E-state index in [0.29, 0.717) is 17.5 Å². The first-order valence-corrected chi connectivity index (χ1v) is 8.11. The van der Waals surface area contributed by atoms with Crippen LogP contribution in [0.1, 0.15) is 0 Å². The van der Waals surface area contributed by atoms with Crippen LogP contribution >= 0.6 is 0 Å². The quantitative estimate of drug-likeness (QED) is 0.481. The number of para-hydroxylation sites is 1. The number of aromatic amines is 1. The van der Waals surface area contributed by atoms with Gasteiger partial charge in [-0.15, -0.1) is 0 Å². The first-order chi connectivity index (χ1) is 12.7. The van der Waals surface area contributed by atoms with Crippen LogP contribution < -0.4 is 10.1 Å². The molecule has 5 heteroatoms. The van der Waals surface area contributed by atoms with Crippen molar-refractivity contribution in [3.8, 4) is 16.9 Å². The Morgan fingerprint density at radius 3 is 2.69 bits per heavy atom. The van der Waals surface area contributed by atoms with Crippen molar-refractivity contribution in [2.24, 2.45) is 0 Å². The molecule has 0 aliphatic carbocycles. The van der Waals surface area contributed by atoms with Crippen molar-refractivity contribution in [2.45, 2.75) is 0 Å². The van der Waals surface area contributed by atoms with Gasteiger partial charge in [-0.2, -0.15) is 0 Å². The Morgan fingerprint density at radius 2 is 1.92 bits per heavy atom. The predicted octanol–water partition coefficient (Wildman–Crippen LogP) is 5.33. The molecular formula is C21H16FN3O. The zero-order chi connectivity index (χ0) is 17.9. The van der Waals surface area contributed by atoms with E-state index in [1.165, 1.54) is 12.1 Å². The molecule has 0 bridgehead atoms. The molecule has 26 heavy (non-hydrogen) atoms. The topological polar surface area (TPSA) is 49.9 Å². The van der Waals surface area contributed by atoms with Gasteiger partial charge in [0.1, 0.15) is 17.4 Å². The van der Waals surface area contributed by atoms with E-state index in [1.54, 1.807) is 12.3 Å². The largest absolute Gasteiger partial charge is 0.442 e. The number of anilines is 1. The molecule has 0 aliphatic rings. The molecule has 0 spiro atoms. The normalized spacial score (nSPS) is 10.7. The number of hydrogen-bond acceptors (Lipinski definition) is 3. The van der Waals surface area contributed by atoms with Crippen LogP contribution in [-0.4, -0.2) is 9.97 Å². The van der Waals surface area contributed by atoms with Crippen LogP contribution in [0.15, 0.2) is 85.5 Å². The second-order valence-electron chi connectivity index (χ2n) is 5.79. The van der Waals surface area contributed by atoms with Crippen LogP contribution in [0, 0.1) is 5.82 Å². The van der Waals surface area contributed by atoms with Gasteiger partial charge in [0.2, 0.25) is 0 Å². The Hall–Kier alpha value is -3.60. The number of halogens is 1. The van der Waals surface area contributed by atoms with Gasteiger partial charge in [-0.1, -0.05) is 18.2 Å². The maximum atomic E-state index is 13.3. The second kappa shape index (κ2) is 6.72. The summed E-state index contributed by atoms with van der Waals surface area (Å²) in [5, 5.41) is 3.97. The van der Waals surface area contributed by atoms with E-state index in [0.717, 1.165) is 22.0 Å². The lowest BCUT2D eigenvalue weighted by molar-refractivity contribution is 0.434. The molecule has 2 aromatic carbocycles. The van der Waals surface area contributed by atoms with Gasteiger partial charge in [0.15, 0.2) is 5.88 Å². The number of nitrogens with zero attached hydrogens (tertiary/aromatic N) is 1. The third kappa shape index (κ3) is 3.28. The number of hydrogen-bond donors (Lipinski definition) is 2. The van der Waals surface area contributed by atoms with Crippen molar-refractivity contribution in [1.82, 2.24) is 9.97 Å². The lowest BCUT2D eigenvalue weighted by Crippen LogP contribution is -2.06. The zero-order valence-electron chi connectivity index (χ0n) is 13.9. The molecule has 0 amide bonds. The third-order valence-corrected chi connectivity index (χ3v) is 3.97. The van der Waals surface area contributed by atoms with Crippen molar-refractivity contribution in [2.75, 3.05) is 5.32 Å². The monoisotopic (exact) mass is 345 g/mol. The fraction of sp³-hybridized carbons (Fsp3) is 0. The first-order valence-electron chi connectivity index (χ1n) is 8.11. The SMILES string of the molecule is C=C(Nc1ccc(-c2c[nH]c3cc(F)ccc23)cn1)Oc1ccccc1. The van der Waals surface area contributed by atoms with E-state index in [4.69, 9.17) is 4.74 Å². The Bertz CT molecular complexity index is 1060. The Labute approximate surface area is 150 Å². The van der Waals surface area contributed by atoms with Crippen LogP contribution in [0.5, 0.6) is 5.75 Å². The Kier molecular flexibility index (Phi) is 4.11. The van der Waals surface area contributed by atoms with Gasteiger partial charge in [-0.05, 0) is 49.0 Å². The highest BCUT2D eigenvalue weighted by molar-refractivity contribution is 5.95. The van der Waals surface area contributed by atoms with Crippen molar-refractivity contribution in [3.63, 3.8) is 0 Å². The van der Waals surface area contributed by atoms with Gasteiger partial charge in [0.05, 0.1) is 0 Å². The number of aromatic nitrogens is 2. The number of fused-ring (bicyclic) bond motifs is 1. The second-order valence-corrected chi connectivity index (χ2v) is 5.79. The fourth-order valence-electron chi connectivity index (χ4n) is 2.76. The summed E-state index contributed by atoms with van der Waals surface area (Å²) in [6.45, 7) is 3.85. The summed E-state index contributed by atoms with van der Waals surface area (Å²) in [5.74, 6) is 1.45. The molecule has 4 nitrogen and oxygen atoms in total. The van der Waals surface area contributed by atoms with Crippen LogP contribution in [0.2, 0.25) is 0 Å². The number of nitrogens with one attached hydrogen (secondary N) is 2. The minimum Gasteiger partial charge on any atom is -0.442 e. The number of H-pyrrole nitrogens is 1. The number of benzene rings is 2. The summed E-state index contributed by atoms with van der Waals surface area (Å²) in [6.07, 6.45) is 3.61. The fourth-order valence-corrected chi connectivity index (χ4v) is 2.76.